The molecule has 1 aromatic rings. The van der Waals surface area contributed by atoms with E-state index in [9.17, 15) is 4.79 Å². The number of aliphatic hydroxyl groups excluding tert-OH is 1. The third-order valence-corrected chi connectivity index (χ3v) is 1.73. The molecule has 0 aliphatic carbocycles. The topological polar surface area (TPSA) is 64.4 Å². The van der Waals surface area contributed by atoms with Crippen LogP contribution < -0.4 is 5.69 Å². The van der Waals surface area contributed by atoms with Crippen LogP contribution in [0.3, 0.4) is 0 Å². The van der Waals surface area contributed by atoms with Gasteiger partial charge in [0.2, 0.25) is 0 Å². The summed E-state index contributed by atoms with van der Waals surface area (Å²) in [6.07, 6.45) is 2.80. The van der Waals surface area contributed by atoms with E-state index in [1.807, 2.05) is 0 Å². The number of hydrogen-bond donors (Lipinski definition) is 1. The molecule has 1 heterocycles. The van der Waals surface area contributed by atoms with Gasteiger partial charge in [-0.25, -0.2) is 9.78 Å². The maximum Gasteiger partial charge on any atom is 0.347 e. The smallest absolute Gasteiger partial charge is 0.347 e. The van der Waals surface area contributed by atoms with Crippen molar-refractivity contribution >= 4 is 11.6 Å². The highest BCUT2D eigenvalue weighted by Gasteiger charge is 1.97. The number of nitrogens with zero attached hydrogens (tertiary/aromatic N) is 2. The Hall–Kier alpha value is -0.910. The average molecular weight is 219 g/mol. The van der Waals surface area contributed by atoms with Gasteiger partial charge in [0.1, 0.15) is 0 Å². The minimum absolute atomic E-state index is 0.0251. The number of halogens is 1. The molecule has 0 radical (unpaired) electrons. The summed E-state index contributed by atoms with van der Waals surface area (Å²) in [7, 11) is 0. The van der Waals surface area contributed by atoms with E-state index in [0.717, 1.165) is 0 Å². The van der Waals surface area contributed by atoms with Crippen molar-refractivity contribution in [3.63, 3.8) is 0 Å². The lowest BCUT2D eigenvalue weighted by molar-refractivity contribution is 0.0863. The Bertz CT molecular complexity index is 340. The molecule has 78 valence electrons. The van der Waals surface area contributed by atoms with Crippen LogP contribution in [-0.4, -0.2) is 34.5 Å². The summed E-state index contributed by atoms with van der Waals surface area (Å²) in [6.45, 7) is 0.973. The molecule has 0 aromatic carbocycles. The number of ether oxygens (including phenoxy) is 1. The predicted octanol–water partition coefficient (Wildman–Crippen LogP) is -0.0944. The summed E-state index contributed by atoms with van der Waals surface area (Å²) in [5, 5.41) is 8.84. The zero-order valence-corrected chi connectivity index (χ0v) is 8.28. The Balaban J connectivity index is 2.49. The van der Waals surface area contributed by atoms with E-state index < -0.39 is 0 Å². The second-order valence-electron chi connectivity index (χ2n) is 2.58. The van der Waals surface area contributed by atoms with Gasteiger partial charge < -0.3 is 9.84 Å². The van der Waals surface area contributed by atoms with Crippen LogP contribution in [0.2, 0.25) is 5.02 Å². The van der Waals surface area contributed by atoms with Gasteiger partial charge >= 0.3 is 5.69 Å². The lowest BCUT2D eigenvalue weighted by Crippen LogP contribution is -2.24. The van der Waals surface area contributed by atoms with Crippen molar-refractivity contribution in [3.8, 4) is 0 Å². The molecule has 0 atom stereocenters. The van der Waals surface area contributed by atoms with Gasteiger partial charge in [-0.2, -0.15) is 0 Å². The summed E-state index contributed by atoms with van der Waals surface area (Å²) >= 11 is 5.65. The second-order valence-corrected chi connectivity index (χ2v) is 3.02. The molecule has 0 saturated heterocycles. The Labute approximate surface area is 85.9 Å². The molecule has 0 bridgehead atoms. The van der Waals surface area contributed by atoms with Gasteiger partial charge in [0.15, 0.2) is 0 Å². The van der Waals surface area contributed by atoms with Crippen LogP contribution in [-0.2, 0) is 11.3 Å². The zero-order valence-electron chi connectivity index (χ0n) is 7.52. The molecule has 1 rings (SSSR count). The maximum atomic E-state index is 11.1. The van der Waals surface area contributed by atoms with E-state index in [-0.39, 0.29) is 18.9 Å². The van der Waals surface area contributed by atoms with Crippen LogP contribution >= 0.6 is 11.6 Å². The Morgan fingerprint density at radius 1 is 1.57 bits per heavy atom. The first kappa shape index (κ1) is 11.2. The monoisotopic (exact) mass is 218 g/mol. The number of aromatic nitrogens is 2. The number of rotatable bonds is 5. The molecular weight excluding hydrogens is 208 g/mol. The summed E-state index contributed by atoms with van der Waals surface area (Å²) < 4.78 is 6.36. The Morgan fingerprint density at radius 3 is 3.07 bits per heavy atom. The minimum atomic E-state index is -0.359. The number of hydrogen-bond acceptors (Lipinski definition) is 4. The van der Waals surface area contributed by atoms with Crippen molar-refractivity contribution in [2.45, 2.75) is 6.54 Å². The molecule has 5 nitrogen and oxygen atoms in total. The lowest BCUT2D eigenvalue weighted by Gasteiger charge is -2.04. The molecule has 0 amide bonds. The van der Waals surface area contributed by atoms with E-state index in [0.29, 0.717) is 18.2 Å². The fourth-order valence-electron chi connectivity index (χ4n) is 0.918. The average Bonchev–Trinajstić information content (AvgIpc) is 2.18. The van der Waals surface area contributed by atoms with Crippen molar-refractivity contribution in [2.75, 3.05) is 19.8 Å². The van der Waals surface area contributed by atoms with Crippen LogP contribution in [0.25, 0.3) is 0 Å². The molecule has 0 unspecified atom stereocenters. The predicted molar refractivity (Wildman–Crippen MR) is 51.4 cm³/mol. The molecule has 6 heteroatoms. The van der Waals surface area contributed by atoms with Gasteiger partial charge in [0.05, 0.1) is 37.6 Å². The molecule has 0 fully saturated rings. The second kappa shape index (κ2) is 5.74. The molecule has 1 aromatic heterocycles. The van der Waals surface area contributed by atoms with Crippen molar-refractivity contribution in [1.29, 1.82) is 0 Å². The van der Waals surface area contributed by atoms with Crippen molar-refractivity contribution in [1.82, 2.24) is 9.55 Å². The van der Waals surface area contributed by atoms with Gasteiger partial charge in [0.25, 0.3) is 0 Å². The maximum absolute atomic E-state index is 11.1. The summed E-state index contributed by atoms with van der Waals surface area (Å²) in [4.78, 5) is 14.7. The molecule has 14 heavy (non-hydrogen) atoms. The van der Waals surface area contributed by atoms with Gasteiger partial charge in [0, 0.05) is 6.20 Å². The fraction of sp³-hybridized carbons (Fsp3) is 0.500. The van der Waals surface area contributed by atoms with Crippen molar-refractivity contribution in [3.05, 3.63) is 27.9 Å². The summed E-state index contributed by atoms with van der Waals surface area (Å²) in [5.74, 6) is 0. The first-order chi connectivity index (χ1) is 6.74. The first-order valence-electron chi connectivity index (χ1n) is 4.14. The van der Waals surface area contributed by atoms with Gasteiger partial charge in [-0.15, -0.1) is 0 Å². The molecule has 0 saturated carbocycles. The largest absolute Gasteiger partial charge is 0.394 e. The summed E-state index contributed by atoms with van der Waals surface area (Å²) in [5.41, 5.74) is -0.359. The molecule has 0 aliphatic heterocycles. The first-order valence-corrected chi connectivity index (χ1v) is 4.52. The Morgan fingerprint density at radius 2 is 2.36 bits per heavy atom. The fourth-order valence-corrected chi connectivity index (χ4v) is 1.08. The quantitative estimate of drug-likeness (QED) is 0.702. The minimum Gasteiger partial charge on any atom is -0.394 e. The Kier molecular flexibility index (Phi) is 4.58. The van der Waals surface area contributed by atoms with Crippen LogP contribution in [0.1, 0.15) is 0 Å². The third kappa shape index (κ3) is 3.45. The highest BCUT2D eigenvalue weighted by molar-refractivity contribution is 6.30. The van der Waals surface area contributed by atoms with Gasteiger partial charge in [-0.1, -0.05) is 11.6 Å². The van der Waals surface area contributed by atoms with Crippen LogP contribution in [0, 0.1) is 0 Å². The van der Waals surface area contributed by atoms with E-state index >= 15 is 0 Å². The third-order valence-electron chi connectivity index (χ3n) is 1.54. The van der Waals surface area contributed by atoms with Crippen molar-refractivity contribution in [2.24, 2.45) is 0 Å². The van der Waals surface area contributed by atoms with Gasteiger partial charge in [-0.3, -0.25) is 4.57 Å². The molecule has 0 spiro atoms. The molecular formula is C8H11ClN2O3. The van der Waals surface area contributed by atoms with Crippen molar-refractivity contribution < 1.29 is 9.84 Å². The van der Waals surface area contributed by atoms with E-state index in [4.69, 9.17) is 21.4 Å². The van der Waals surface area contributed by atoms with E-state index in [1.54, 1.807) is 0 Å². The molecule has 0 aliphatic rings. The van der Waals surface area contributed by atoms with E-state index in [2.05, 4.69) is 4.98 Å². The number of aliphatic hydroxyl groups is 1. The SMILES string of the molecule is O=c1ncc(Cl)cn1CCOCCO. The standard InChI is InChI=1S/C8H11ClN2O3/c9-7-5-10-8(13)11(6-7)1-3-14-4-2-12/h5-6,12H,1-4H2. The highest BCUT2D eigenvalue weighted by Crippen LogP contribution is 2.00. The van der Waals surface area contributed by atoms with E-state index in [1.165, 1.54) is 17.0 Å². The zero-order chi connectivity index (χ0) is 10.4. The highest BCUT2D eigenvalue weighted by atomic mass is 35.5. The molecule has 1 N–H and O–H groups in total. The lowest BCUT2D eigenvalue weighted by atomic mass is 10.6. The normalized spacial score (nSPS) is 10.4. The van der Waals surface area contributed by atoms with Crippen LogP contribution in [0.4, 0.5) is 0 Å². The summed E-state index contributed by atoms with van der Waals surface area (Å²) in [6, 6.07) is 0. The van der Waals surface area contributed by atoms with Crippen LogP contribution in [0.15, 0.2) is 17.2 Å². The van der Waals surface area contributed by atoms with Crippen LogP contribution in [0.5, 0.6) is 0 Å². The van der Waals surface area contributed by atoms with Gasteiger partial charge in [-0.05, 0) is 0 Å².